The third kappa shape index (κ3) is 3.76. The number of hydrogen-bond acceptors (Lipinski definition) is 5. The molecule has 0 saturated heterocycles. The first-order chi connectivity index (χ1) is 7.00. The lowest BCUT2D eigenvalue weighted by Crippen LogP contribution is -1.91. The number of thiazole rings is 1. The first kappa shape index (κ1) is 12.4. The monoisotopic (exact) mass is 243 g/mol. The number of carbonyl (C=O) groups excluding carboxylic acids is 2. The third-order valence-corrected chi connectivity index (χ3v) is 4.18. The number of carbonyl (C=O) groups is 2. The molecule has 0 fully saturated rings. The molecule has 5 heteroatoms. The van der Waals surface area contributed by atoms with Crippen molar-refractivity contribution in [3.63, 3.8) is 0 Å². The summed E-state index contributed by atoms with van der Waals surface area (Å²) in [7, 11) is 0. The van der Waals surface area contributed by atoms with Crippen molar-refractivity contribution in [2.24, 2.45) is 0 Å². The summed E-state index contributed by atoms with van der Waals surface area (Å²) in [6.07, 6.45) is 0.554. The fraction of sp³-hybridized carbons (Fsp3) is 0.500. The summed E-state index contributed by atoms with van der Waals surface area (Å²) >= 11 is 2.95. The standard InChI is InChI=1S/C10H13NO2S2/c1-6(12)4-5-14-10-11-7(2)9(15-10)8(3)13/h4-5H2,1-3H3. The van der Waals surface area contributed by atoms with Gasteiger partial charge in [0.1, 0.15) is 5.78 Å². The molecule has 0 radical (unpaired) electrons. The Bertz CT molecular complexity index is 385. The van der Waals surface area contributed by atoms with E-state index in [1.165, 1.54) is 23.1 Å². The summed E-state index contributed by atoms with van der Waals surface area (Å²) in [5.74, 6) is 0.977. The van der Waals surface area contributed by atoms with E-state index < -0.39 is 0 Å². The van der Waals surface area contributed by atoms with Crippen molar-refractivity contribution in [3.05, 3.63) is 10.6 Å². The lowest BCUT2D eigenvalue weighted by molar-refractivity contribution is -0.116. The van der Waals surface area contributed by atoms with Crippen LogP contribution in [-0.4, -0.2) is 22.3 Å². The number of hydrogen-bond donors (Lipinski definition) is 0. The molecule has 0 aliphatic heterocycles. The van der Waals surface area contributed by atoms with Gasteiger partial charge in [-0.05, 0) is 13.8 Å². The molecule has 0 aliphatic carbocycles. The SMILES string of the molecule is CC(=O)CCSc1nc(C)c(C(C)=O)s1. The highest BCUT2D eigenvalue weighted by Gasteiger charge is 2.11. The van der Waals surface area contributed by atoms with Gasteiger partial charge in [-0.25, -0.2) is 4.98 Å². The lowest BCUT2D eigenvalue weighted by Gasteiger charge is -1.92. The number of aromatic nitrogens is 1. The first-order valence-corrected chi connectivity index (χ1v) is 6.41. The molecule has 0 bridgehead atoms. The van der Waals surface area contributed by atoms with Gasteiger partial charge in [0.15, 0.2) is 10.1 Å². The van der Waals surface area contributed by atoms with Gasteiger partial charge in [0.05, 0.1) is 10.6 Å². The number of ketones is 2. The van der Waals surface area contributed by atoms with Crippen molar-refractivity contribution >= 4 is 34.7 Å². The van der Waals surface area contributed by atoms with Crippen LogP contribution in [-0.2, 0) is 4.79 Å². The predicted molar refractivity (Wildman–Crippen MR) is 62.9 cm³/mol. The molecule has 1 aromatic heterocycles. The minimum Gasteiger partial charge on any atom is -0.300 e. The van der Waals surface area contributed by atoms with E-state index in [2.05, 4.69) is 4.98 Å². The second-order valence-corrected chi connectivity index (χ2v) is 5.59. The molecule has 1 rings (SSSR count). The summed E-state index contributed by atoms with van der Waals surface area (Å²) in [6, 6.07) is 0. The van der Waals surface area contributed by atoms with Crippen LogP contribution in [0.5, 0.6) is 0 Å². The van der Waals surface area contributed by atoms with Gasteiger partial charge in [-0.15, -0.1) is 11.3 Å². The van der Waals surface area contributed by atoms with Crippen LogP contribution in [0, 0.1) is 6.92 Å². The highest BCUT2D eigenvalue weighted by molar-refractivity contribution is 8.01. The third-order valence-electron chi connectivity index (χ3n) is 1.78. The Morgan fingerprint density at radius 1 is 1.40 bits per heavy atom. The van der Waals surface area contributed by atoms with E-state index in [1.54, 1.807) is 13.8 Å². The topological polar surface area (TPSA) is 47.0 Å². The zero-order valence-corrected chi connectivity index (χ0v) is 10.6. The van der Waals surface area contributed by atoms with Crippen molar-refractivity contribution < 1.29 is 9.59 Å². The fourth-order valence-corrected chi connectivity index (χ4v) is 3.24. The van der Waals surface area contributed by atoms with E-state index in [0.29, 0.717) is 6.42 Å². The van der Waals surface area contributed by atoms with Crippen molar-refractivity contribution in [2.45, 2.75) is 31.5 Å². The lowest BCUT2D eigenvalue weighted by atomic mass is 10.3. The Morgan fingerprint density at radius 3 is 2.53 bits per heavy atom. The quantitative estimate of drug-likeness (QED) is 0.589. The Kier molecular flexibility index (Phi) is 4.47. The zero-order chi connectivity index (χ0) is 11.4. The van der Waals surface area contributed by atoms with Gasteiger partial charge in [-0.2, -0.15) is 0 Å². The molecule has 0 spiro atoms. The van der Waals surface area contributed by atoms with Crippen LogP contribution in [0.4, 0.5) is 0 Å². The Hall–Kier alpha value is -0.680. The van der Waals surface area contributed by atoms with Gasteiger partial charge in [-0.1, -0.05) is 11.8 Å². The van der Waals surface area contributed by atoms with E-state index in [-0.39, 0.29) is 11.6 Å². The molecule has 0 saturated carbocycles. The molecule has 15 heavy (non-hydrogen) atoms. The Labute approximate surface area is 97.3 Å². The molecule has 0 amide bonds. The van der Waals surface area contributed by atoms with E-state index in [0.717, 1.165) is 20.7 Å². The molecule has 0 N–H and O–H groups in total. The predicted octanol–water partition coefficient (Wildman–Crippen LogP) is 2.73. The Balaban J connectivity index is 2.59. The largest absolute Gasteiger partial charge is 0.300 e. The number of nitrogens with zero attached hydrogens (tertiary/aromatic N) is 1. The minimum absolute atomic E-state index is 0.0587. The summed E-state index contributed by atoms with van der Waals surface area (Å²) in [6.45, 7) is 4.96. The highest BCUT2D eigenvalue weighted by atomic mass is 32.2. The van der Waals surface area contributed by atoms with Gasteiger partial charge in [0.25, 0.3) is 0 Å². The molecule has 0 atom stereocenters. The van der Waals surface area contributed by atoms with Crippen LogP contribution in [0.1, 0.15) is 35.6 Å². The summed E-state index contributed by atoms with van der Waals surface area (Å²) < 4.78 is 0.874. The smallest absolute Gasteiger partial charge is 0.171 e. The van der Waals surface area contributed by atoms with Crippen LogP contribution in [0.2, 0.25) is 0 Å². The van der Waals surface area contributed by atoms with Gasteiger partial charge in [0, 0.05) is 19.1 Å². The van der Waals surface area contributed by atoms with Crippen LogP contribution >= 0.6 is 23.1 Å². The summed E-state index contributed by atoms with van der Waals surface area (Å²) in [5.41, 5.74) is 0.790. The highest BCUT2D eigenvalue weighted by Crippen LogP contribution is 2.27. The maximum absolute atomic E-state index is 11.2. The van der Waals surface area contributed by atoms with E-state index in [1.807, 2.05) is 6.92 Å². The van der Waals surface area contributed by atoms with E-state index in [4.69, 9.17) is 0 Å². The number of thioether (sulfide) groups is 1. The average Bonchev–Trinajstić information content (AvgIpc) is 2.46. The first-order valence-electron chi connectivity index (χ1n) is 4.61. The normalized spacial score (nSPS) is 10.3. The molecule has 0 unspecified atom stereocenters. The van der Waals surface area contributed by atoms with Crippen LogP contribution < -0.4 is 0 Å². The zero-order valence-electron chi connectivity index (χ0n) is 8.99. The van der Waals surface area contributed by atoms with E-state index >= 15 is 0 Å². The molecule has 3 nitrogen and oxygen atoms in total. The van der Waals surface area contributed by atoms with Gasteiger partial charge >= 0.3 is 0 Å². The number of rotatable bonds is 5. The summed E-state index contributed by atoms with van der Waals surface area (Å²) in [5, 5.41) is 0. The van der Waals surface area contributed by atoms with Crippen molar-refractivity contribution in [3.8, 4) is 0 Å². The minimum atomic E-state index is 0.0587. The van der Waals surface area contributed by atoms with Gasteiger partial charge in [0.2, 0.25) is 0 Å². The van der Waals surface area contributed by atoms with Crippen molar-refractivity contribution in [1.29, 1.82) is 0 Å². The molecular weight excluding hydrogens is 230 g/mol. The summed E-state index contributed by atoms with van der Waals surface area (Å²) in [4.78, 5) is 26.9. The maximum atomic E-state index is 11.2. The number of Topliss-reactive ketones (excluding diaryl/α,β-unsaturated/α-hetero) is 2. The van der Waals surface area contributed by atoms with Crippen molar-refractivity contribution in [2.75, 3.05) is 5.75 Å². The molecular formula is C10H13NO2S2. The molecule has 0 aromatic carbocycles. The maximum Gasteiger partial charge on any atom is 0.171 e. The molecule has 1 heterocycles. The average molecular weight is 243 g/mol. The van der Waals surface area contributed by atoms with Crippen LogP contribution in [0.15, 0.2) is 4.34 Å². The fourth-order valence-electron chi connectivity index (χ4n) is 1.04. The second-order valence-electron chi connectivity index (χ2n) is 3.25. The second kappa shape index (κ2) is 5.42. The molecule has 82 valence electrons. The van der Waals surface area contributed by atoms with Gasteiger partial charge < -0.3 is 0 Å². The van der Waals surface area contributed by atoms with Crippen molar-refractivity contribution in [1.82, 2.24) is 4.98 Å². The van der Waals surface area contributed by atoms with Crippen LogP contribution in [0.3, 0.4) is 0 Å². The van der Waals surface area contributed by atoms with E-state index in [9.17, 15) is 9.59 Å². The van der Waals surface area contributed by atoms with Crippen LogP contribution in [0.25, 0.3) is 0 Å². The molecule has 1 aromatic rings. The number of aryl methyl sites for hydroxylation is 1. The Morgan fingerprint density at radius 2 is 2.07 bits per heavy atom. The van der Waals surface area contributed by atoms with Gasteiger partial charge in [-0.3, -0.25) is 9.59 Å². The molecule has 0 aliphatic rings.